The first-order chi connectivity index (χ1) is 31.0. The molecule has 0 aliphatic heterocycles. The number of rotatable bonds is 47. The zero-order chi connectivity index (χ0) is 47.1. The fourth-order valence-corrected chi connectivity index (χ4v) is 7.77. The molecule has 0 aromatic rings. The summed E-state index contributed by atoms with van der Waals surface area (Å²) in [6.45, 7) is 4.07. The molecule has 0 amide bonds. The van der Waals surface area contributed by atoms with E-state index in [1.165, 1.54) is 128 Å². The molecule has 9 nitrogen and oxygen atoms in total. The number of unbranched alkanes of at least 4 members (excludes halogenated alkanes) is 23. The Balaban J connectivity index is 4.26. The lowest BCUT2D eigenvalue weighted by Crippen LogP contribution is -2.37. The number of carbonyl (C=O) groups excluding carboxylic acids is 2. The lowest BCUT2D eigenvalue weighted by molar-refractivity contribution is -0.870. The Morgan fingerprint density at radius 3 is 1.31 bits per heavy atom. The first kappa shape index (κ1) is 61.7. The van der Waals surface area contributed by atoms with Crippen LogP contribution in [0.4, 0.5) is 0 Å². The molecule has 0 aromatic heterocycles. The molecule has 372 valence electrons. The van der Waals surface area contributed by atoms with Crippen LogP contribution in [0.5, 0.6) is 0 Å². The van der Waals surface area contributed by atoms with E-state index in [0.29, 0.717) is 23.9 Å². The van der Waals surface area contributed by atoms with Crippen LogP contribution in [0.15, 0.2) is 60.8 Å². The maximum atomic E-state index is 12.7. The summed E-state index contributed by atoms with van der Waals surface area (Å²) in [5.74, 6) is -0.897. The average Bonchev–Trinajstić information content (AvgIpc) is 3.25. The van der Waals surface area contributed by atoms with Crippen molar-refractivity contribution in [1.29, 1.82) is 0 Å². The van der Waals surface area contributed by atoms with Gasteiger partial charge in [-0.25, -0.2) is 0 Å². The molecule has 0 fully saturated rings. The number of ether oxygens (including phenoxy) is 2. The molecule has 0 saturated carbocycles. The molecule has 0 N–H and O–H groups in total. The first-order valence-electron chi connectivity index (χ1n) is 26.0. The molecular weight excluding hydrogens is 822 g/mol. The highest BCUT2D eigenvalue weighted by Gasteiger charge is 2.21. The number of carbonyl (C=O) groups is 2. The average molecular weight is 920 g/mol. The van der Waals surface area contributed by atoms with E-state index in [1.54, 1.807) is 0 Å². The summed E-state index contributed by atoms with van der Waals surface area (Å²) in [5.41, 5.74) is 0. The van der Waals surface area contributed by atoms with Crippen molar-refractivity contribution in [3.63, 3.8) is 0 Å². The normalized spacial score (nSPS) is 13.9. The highest BCUT2D eigenvalue weighted by atomic mass is 31.2. The van der Waals surface area contributed by atoms with Gasteiger partial charge >= 0.3 is 11.9 Å². The number of phosphoric ester groups is 1. The van der Waals surface area contributed by atoms with E-state index in [1.807, 2.05) is 27.2 Å². The smallest absolute Gasteiger partial charge is 0.306 e. The Bertz CT molecular complexity index is 1270. The van der Waals surface area contributed by atoms with Gasteiger partial charge in [-0.15, -0.1) is 0 Å². The lowest BCUT2D eigenvalue weighted by atomic mass is 10.0. The van der Waals surface area contributed by atoms with Gasteiger partial charge in [-0.1, -0.05) is 216 Å². The van der Waals surface area contributed by atoms with Crippen molar-refractivity contribution in [3.8, 4) is 0 Å². The van der Waals surface area contributed by atoms with Crippen LogP contribution in [-0.4, -0.2) is 70.0 Å². The van der Waals surface area contributed by atoms with Crippen LogP contribution in [0.3, 0.4) is 0 Å². The van der Waals surface area contributed by atoms with Gasteiger partial charge < -0.3 is 27.9 Å². The number of hydrogen-bond donors (Lipinski definition) is 0. The summed E-state index contributed by atoms with van der Waals surface area (Å²) >= 11 is 0. The molecule has 0 heterocycles. The molecule has 0 aromatic carbocycles. The summed E-state index contributed by atoms with van der Waals surface area (Å²) in [6.07, 6.45) is 57.0. The molecule has 0 rings (SSSR count). The zero-order valence-electron chi connectivity index (χ0n) is 42.0. The van der Waals surface area contributed by atoms with E-state index < -0.39 is 32.5 Å². The molecular formula is C54H98NO8P. The van der Waals surface area contributed by atoms with Gasteiger partial charge in [0.25, 0.3) is 7.82 Å². The van der Waals surface area contributed by atoms with Crippen LogP contribution in [0.25, 0.3) is 0 Å². The number of allylic oxidation sites excluding steroid dienone is 10. The van der Waals surface area contributed by atoms with Gasteiger partial charge in [0.15, 0.2) is 6.10 Å². The maximum absolute atomic E-state index is 12.7. The zero-order valence-corrected chi connectivity index (χ0v) is 42.9. The van der Waals surface area contributed by atoms with E-state index >= 15 is 0 Å². The Hall–Kier alpha value is -2.29. The van der Waals surface area contributed by atoms with Crippen molar-refractivity contribution in [2.45, 2.75) is 225 Å². The predicted octanol–water partition coefficient (Wildman–Crippen LogP) is 15.0. The fraction of sp³-hybridized carbons (Fsp3) is 0.778. The number of nitrogens with zero attached hydrogens (tertiary/aromatic N) is 1. The number of phosphoric acid groups is 1. The Morgan fingerprint density at radius 1 is 0.500 bits per heavy atom. The van der Waals surface area contributed by atoms with E-state index in [0.717, 1.165) is 51.4 Å². The Kier molecular flexibility index (Phi) is 44.2. The van der Waals surface area contributed by atoms with Gasteiger partial charge in [0.1, 0.15) is 19.8 Å². The third kappa shape index (κ3) is 49.2. The SMILES string of the molecule is CC/C=C\C/C=C\C/C=C\C/C=C\C/C=C\CCCC(=O)OC(COC(=O)CCCCCCCCCCCCCCCCCCCCCCCCC)COP(=O)([O-])OCC[N+](C)(C)C. The van der Waals surface area contributed by atoms with Gasteiger partial charge in [-0.2, -0.15) is 0 Å². The summed E-state index contributed by atoms with van der Waals surface area (Å²) in [6, 6.07) is 0. The Morgan fingerprint density at radius 2 is 0.891 bits per heavy atom. The molecule has 0 aliphatic rings. The minimum absolute atomic E-state index is 0.0426. The molecule has 0 bridgehead atoms. The topological polar surface area (TPSA) is 111 Å². The monoisotopic (exact) mass is 920 g/mol. The number of quaternary nitrogens is 1. The minimum atomic E-state index is -4.65. The molecule has 64 heavy (non-hydrogen) atoms. The molecule has 0 aliphatic carbocycles. The van der Waals surface area contributed by atoms with Gasteiger partial charge in [-0.05, 0) is 51.4 Å². The van der Waals surface area contributed by atoms with E-state index in [4.69, 9.17) is 18.5 Å². The molecule has 2 atom stereocenters. The molecule has 0 spiro atoms. The van der Waals surface area contributed by atoms with E-state index in [9.17, 15) is 19.0 Å². The van der Waals surface area contributed by atoms with E-state index in [2.05, 4.69) is 68.5 Å². The predicted molar refractivity (Wildman–Crippen MR) is 268 cm³/mol. The van der Waals surface area contributed by atoms with Crippen molar-refractivity contribution < 1.29 is 42.1 Å². The Labute approximate surface area is 394 Å². The quantitative estimate of drug-likeness (QED) is 0.0195. The van der Waals surface area contributed by atoms with Crippen LogP contribution < -0.4 is 4.89 Å². The van der Waals surface area contributed by atoms with Crippen molar-refractivity contribution in [1.82, 2.24) is 0 Å². The maximum Gasteiger partial charge on any atom is 0.306 e. The van der Waals surface area contributed by atoms with Crippen LogP contribution in [0, 0.1) is 0 Å². The van der Waals surface area contributed by atoms with Crippen molar-refractivity contribution in [2.75, 3.05) is 47.5 Å². The highest BCUT2D eigenvalue weighted by molar-refractivity contribution is 7.45. The van der Waals surface area contributed by atoms with E-state index in [-0.39, 0.29) is 26.1 Å². The third-order valence-electron chi connectivity index (χ3n) is 11.1. The first-order valence-corrected chi connectivity index (χ1v) is 27.5. The standard InChI is InChI=1S/C54H98NO8P/c1-6-8-10-12-14-16-18-20-22-24-25-26-27-28-29-31-32-34-36-38-40-42-44-46-53(56)60-50-52(51-62-64(58,59)61-49-48-55(3,4)5)63-54(57)47-45-43-41-39-37-35-33-30-23-21-19-17-15-13-11-9-7-2/h9,11,15,17,21,23,33,35,39,41,52H,6-8,10,12-14,16,18-20,22,24-32,34,36-38,40,42-51H2,1-5H3/b11-9-,17-15-,23-21-,35-33-,41-39-. The van der Waals surface area contributed by atoms with Gasteiger partial charge in [0.2, 0.25) is 0 Å². The number of esters is 2. The van der Waals surface area contributed by atoms with Crippen LogP contribution >= 0.6 is 7.82 Å². The second-order valence-electron chi connectivity index (χ2n) is 18.5. The third-order valence-corrected chi connectivity index (χ3v) is 12.0. The molecule has 2 unspecified atom stereocenters. The number of hydrogen-bond acceptors (Lipinski definition) is 8. The highest BCUT2D eigenvalue weighted by Crippen LogP contribution is 2.38. The fourth-order valence-electron chi connectivity index (χ4n) is 7.04. The van der Waals surface area contributed by atoms with Crippen LogP contribution in [0.2, 0.25) is 0 Å². The lowest BCUT2D eigenvalue weighted by Gasteiger charge is -2.28. The molecule has 10 heteroatoms. The van der Waals surface area contributed by atoms with Gasteiger partial charge in [0.05, 0.1) is 27.7 Å². The van der Waals surface area contributed by atoms with Gasteiger partial charge in [0, 0.05) is 12.8 Å². The summed E-state index contributed by atoms with van der Waals surface area (Å²) in [5, 5.41) is 0. The van der Waals surface area contributed by atoms with Gasteiger partial charge in [-0.3, -0.25) is 14.2 Å². The van der Waals surface area contributed by atoms with Crippen LogP contribution in [0.1, 0.15) is 219 Å². The van der Waals surface area contributed by atoms with Crippen LogP contribution in [-0.2, 0) is 32.7 Å². The second-order valence-corrected chi connectivity index (χ2v) is 19.9. The summed E-state index contributed by atoms with van der Waals surface area (Å²) in [4.78, 5) is 37.7. The molecule has 0 radical (unpaired) electrons. The van der Waals surface area contributed by atoms with Crippen molar-refractivity contribution in [2.24, 2.45) is 0 Å². The summed E-state index contributed by atoms with van der Waals surface area (Å²) < 4.78 is 34.0. The summed E-state index contributed by atoms with van der Waals surface area (Å²) in [7, 11) is 1.13. The number of likely N-dealkylation sites (N-methyl/N-ethyl adjacent to an activating group) is 1. The van der Waals surface area contributed by atoms with Crippen molar-refractivity contribution in [3.05, 3.63) is 60.8 Å². The molecule has 0 saturated heterocycles. The minimum Gasteiger partial charge on any atom is -0.756 e. The largest absolute Gasteiger partial charge is 0.756 e. The second kappa shape index (κ2) is 45.8. The van der Waals surface area contributed by atoms with Crippen molar-refractivity contribution >= 4 is 19.8 Å².